The summed E-state index contributed by atoms with van der Waals surface area (Å²) in [6.07, 6.45) is 1.70. The van der Waals surface area contributed by atoms with Gasteiger partial charge < -0.3 is 10.2 Å². The van der Waals surface area contributed by atoms with E-state index in [1.165, 1.54) is 12.1 Å². The summed E-state index contributed by atoms with van der Waals surface area (Å²) in [6.45, 7) is 4.85. The summed E-state index contributed by atoms with van der Waals surface area (Å²) in [5, 5.41) is 9.15. The average Bonchev–Trinajstić information content (AvgIpc) is 2.59. The second-order valence-corrected chi connectivity index (χ2v) is 6.38. The fourth-order valence-corrected chi connectivity index (χ4v) is 3.16. The van der Waals surface area contributed by atoms with Gasteiger partial charge in [-0.1, -0.05) is 6.07 Å². The number of rotatable bonds is 3. The second kappa shape index (κ2) is 7.04. The van der Waals surface area contributed by atoms with Crippen molar-refractivity contribution in [3.8, 4) is 0 Å². The second-order valence-electron chi connectivity index (χ2n) is 6.38. The summed E-state index contributed by atoms with van der Waals surface area (Å²) in [5.41, 5.74) is 1.62. The highest BCUT2D eigenvalue weighted by Crippen LogP contribution is 2.21. The number of hydrogen-bond acceptors (Lipinski definition) is 4. The zero-order valence-electron chi connectivity index (χ0n) is 14.3. The number of aromatic nitrogens is 2. The highest BCUT2D eigenvalue weighted by molar-refractivity contribution is 5.95. The molecule has 1 saturated heterocycles. The van der Waals surface area contributed by atoms with Gasteiger partial charge in [-0.15, -0.1) is 0 Å². The Hall–Kier alpha value is -2.70. The SMILES string of the molecule is Cc1n[nH]c(=O)c(C(=O)N[C@@H]2CCCN(c3cccc(F)c3)C2)c1C. The molecule has 1 amide bonds. The first kappa shape index (κ1) is 17.1. The maximum absolute atomic E-state index is 13.4. The van der Waals surface area contributed by atoms with Crippen LogP contribution in [-0.2, 0) is 0 Å². The van der Waals surface area contributed by atoms with Crippen LogP contribution in [0.25, 0.3) is 0 Å². The molecule has 6 nitrogen and oxygen atoms in total. The number of nitrogens with zero attached hydrogens (tertiary/aromatic N) is 2. The number of amides is 1. The van der Waals surface area contributed by atoms with Gasteiger partial charge in [0.2, 0.25) is 0 Å². The van der Waals surface area contributed by atoms with Crippen molar-refractivity contribution < 1.29 is 9.18 Å². The van der Waals surface area contributed by atoms with Gasteiger partial charge in [0.05, 0.1) is 5.69 Å². The van der Waals surface area contributed by atoms with Gasteiger partial charge in [0.25, 0.3) is 11.5 Å². The summed E-state index contributed by atoms with van der Waals surface area (Å²) >= 11 is 0. The van der Waals surface area contributed by atoms with Crippen LogP contribution in [0.1, 0.15) is 34.5 Å². The summed E-state index contributed by atoms with van der Waals surface area (Å²) in [5.74, 6) is -0.673. The van der Waals surface area contributed by atoms with E-state index in [9.17, 15) is 14.0 Å². The Kier molecular flexibility index (Phi) is 4.83. The molecule has 1 aliphatic heterocycles. The Morgan fingerprint density at radius 1 is 1.40 bits per heavy atom. The Morgan fingerprint density at radius 3 is 2.96 bits per heavy atom. The van der Waals surface area contributed by atoms with Crippen LogP contribution < -0.4 is 15.8 Å². The van der Waals surface area contributed by atoms with Gasteiger partial charge in [-0.3, -0.25) is 9.59 Å². The Morgan fingerprint density at radius 2 is 2.20 bits per heavy atom. The minimum Gasteiger partial charge on any atom is -0.369 e. The monoisotopic (exact) mass is 344 g/mol. The van der Waals surface area contributed by atoms with Crippen LogP contribution in [-0.4, -0.2) is 35.2 Å². The standard InChI is InChI=1S/C18H21FN4O2/c1-11-12(2)21-22-18(25)16(11)17(24)20-14-6-4-8-23(10-14)15-7-3-5-13(19)9-15/h3,5,7,9,14H,4,6,8,10H2,1-2H3,(H,20,24)(H,22,25)/t14-/m1/s1. The lowest BCUT2D eigenvalue weighted by molar-refractivity contribution is 0.0930. The molecule has 0 spiro atoms. The number of halogens is 1. The number of H-pyrrole nitrogens is 1. The first-order chi connectivity index (χ1) is 12.0. The van der Waals surface area contributed by atoms with Crippen LogP contribution >= 0.6 is 0 Å². The Balaban J connectivity index is 1.74. The maximum Gasteiger partial charge on any atom is 0.277 e. The molecule has 0 radical (unpaired) electrons. The third kappa shape index (κ3) is 3.70. The molecule has 1 atom stereocenters. The van der Waals surface area contributed by atoms with Gasteiger partial charge in [-0.05, 0) is 50.5 Å². The topological polar surface area (TPSA) is 78.1 Å². The molecule has 3 rings (SSSR count). The number of hydrogen-bond donors (Lipinski definition) is 2. The molecule has 2 aromatic rings. The van der Waals surface area contributed by atoms with E-state index in [0.29, 0.717) is 17.8 Å². The van der Waals surface area contributed by atoms with Gasteiger partial charge >= 0.3 is 0 Å². The number of aryl methyl sites for hydroxylation is 1. The lowest BCUT2D eigenvalue weighted by Crippen LogP contribution is -2.48. The van der Waals surface area contributed by atoms with Crippen LogP contribution in [0.3, 0.4) is 0 Å². The largest absolute Gasteiger partial charge is 0.369 e. The summed E-state index contributed by atoms with van der Waals surface area (Å²) in [7, 11) is 0. The van der Waals surface area contributed by atoms with E-state index in [1.807, 2.05) is 11.0 Å². The van der Waals surface area contributed by atoms with Crippen LogP contribution in [0.2, 0.25) is 0 Å². The number of nitrogens with one attached hydrogen (secondary N) is 2. The van der Waals surface area contributed by atoms with Crippen LogP contribution in [0.5, 0.6) is 0 Å². The normalized spacial score (nSPS) is 17.4. The number of carbonyl (C=O) groups excluding carboxylic acids is 1. The number of aromatic amines is 1. The van der Waals surface area contributed by atoms with Crippen molar-refractivity contribution >= 4 is 11.6 Å². The molecule has 0 bridgehead atoms. The third-order valence-corrected chi connectivity index (χ3v) is 4.63. The van der Waals surface area contributed by atoms with Crippen LogP contribution in [0.4, 0.5) is 10.1 Å². The van der Waals surface area contributed by atoms with E-state index in [1.54, 1.807) is 19.9 Å². The number of benzene rings is 1. The minimum absolute atomic E-state index is 0.100. The number of carbonyl (C=O) groups is 1. The summed E-state index contributed by atoms with van der Waals surface area (Å²) in [6, 6.07) is 6.33. The molecule has 132 valence electrons. The lowest BCUT2D eigenvalue weighted by Gasteiger charge is -2.34. The van der Waals surface area contributed by atoms with Crippen LogP contribution in [0.15, 0.2) is 29.1 Å². The highest BCUT2D eigenvalue weighted by atomic mass is 19.1. The molecule has 25 heavy (non-hydrogen) atoms. The molecule has 1 aromatic carbocycles. The van der Waals surface area contributed by atoms with Crippen molar-refractivity contribution in [1.29, 1.82) is 0 Å². The maximum atomic E-state index is 13.4. The molecule has 1 aliphatic rings. The molecular formula is C18H21FN4O2. The molecule has 1 aromatic heterocycles. The molecule has 0 saturated carbocycles. The van der Waals surface area contributed by atoms with Crippen molar-refractivity contribution in [1.82, 2.24) is 15.5 Å². The quantitative estimate of drug-likeness (QED) is 0.892. The highest BCUT2D eigenvalue weighted by Gasteiger charge is 2.24. The number of anilines is 1. The van der Waals surface area contributed by atoms with Crippen molar-refractivity contribution in [3.05, 3.63) is 57.3 Å². The van der Waals surface area contributed by atoms with Crippen LogP contribution in [0, 0.1) is 19.7 Å². The van der Waals surface area contributed by atoms with Gasteiger partial charge in [0.15, 0.2) is 0 Å². The fourth-order valence-electron chi connectivity index (χ4n) is 3.16. The van der Waals surface area contributed by atoms with E-state index in [4.69, 9.17) is 0 Å². The van der Waals surface area contributed by atoms with Crippen molar-refractivity contribution in [2.24, 2.45) is 0 Å². The smallest absolute Gasteiger partial charge is 0.277 e. The Labute approximate surface area is 145 Å². The fraction of sp³-hybridized carbons (Fsp3) is 0.389. The van der Waals surface area contributed by atoms with Gasteiger partial charge in [0, 0.05) is 24.8 Å². The zero-order valence-corrected chi connectivity index (χ0v) is 14.3. The van der Waals surface area contributed by atoms with E-state index in [0.717, 1.165) is 25.1 Å². The molecular weight excluding hydrogens is 323 g/mol. The average molecular weight is 344 g/mol. The third-order valence-electron chi connectivity index (χ3n) is 4.63. The molecule has 2 N–H and O–H groups in total. The lowest BCUT2D eigenvalue weighted by atomic mass is 10.0. The van der Waals surface area contributed by atoms with E-state index in [-0.39, 0.29) is 17.4 Å². The van der Waals surface area contributed by atoms with Gasteiger partial charge in [-0.25, -0.2) is 9.49 Å². The van der Waals surface area contributed by atoms with E-state index in [2.05, 4.69) is 15.5 Å². The zero-order chi connectivity index (χ0) is 18.0. The predicted octanol–water partition coefficient (Wildman–Crippen LogP) is 1.92. The molecule has 0 aliphatic carbocycles. The summed E-state index contributed by atoms with van der Waals surface area (Å²) in [4.78, 5) is 26.6. The van der Waals surface area contributed by atoms with Crippen molar-refractivity contribution in [2.75, 3.05) is 18.0 Å². The molecule has 2 heterocycles. The van der Waals surface area contributed by atoms with Crippen molar-refractivity contribution in [2.45, 2.75) is 32.7 Å². The number of piperidine rings is 1. The van der Waals surface area contributed by atoms with Gasteiger partial charge in [0.1, 0.15) is 11.4 Å². The first-order valence-electron chi connectivity index (χ1n) is 8.33. The van der Waals surface area contributed by atoms with E-state index >= 15 is 0 Å². The first-order valence-corrected chi connectivity index (χ1v) is 8.33. The molecule has 0 unspecified atom stereocenters. The van der Waals surface area contributed by atoms with E-state index < -0.39 is 11.5 Å². The molecule has 1 fully saturated rings. The summed E-state index contributed by atoms with van der Waals surface area (Å²) < 4.78 is 13.4. The van der Waals surface area contributed by atoms with Crippen molar-refractivity contribution in [3.63, 3.8) is 0 Å². The predicted molar refractivity (Wildman–Crippen MR) is 93.4 cm³/mol. The van der Waals surface area contributed by atoms with Gasteiger partial charge in [-0.2, -0.15) is 5.10 Å². The Bertz CT molecular complexity index is 849. The minimum atomic E-state index is -0.488. The molecule has 7 heteroatoms.